The monoisotopic (exact) mass is 278 g/mol. The summed E-state index contributed by atoms with van der Waals surface area (Å²) in [4.78, 5) is 18.7. The second-order valence-electron chi connectivity index (χ2n) is 5.73. The number of piperidine rings is 1. The molecule has 5 heteroatoms. The SMILES string of the molecule is CCCn1ccnc(NCCN2CCC(C)CC2)c1=O. The minimum Gasteiger partial charge on any atom is -0.364 e. The van der Waals surface area contributed by atoms with Crippen LogP contribution < -0.4 is 10.9 Å². The minimum absolute atomic E-state index is 0.0124. The highest BCUT2D eigenvalue weighted by Crippen LogP contribution is 2.15. The third-order valence-corrected chi connectivity index (χ3v) is 3.97. The topological polar surface area (TPSA) is 50.2 Å². The third-order valence-electron chi connectivity index (χ3n) is 3.97. The Hall–Kier alpha value is -1.36. The Balaban J connectivity index is 1.82. The van der Waals surface area contributed by atoms with Crippen molar-refractivity contribution in [2.45, 2.75) is 39.7 Å². The number of aryl methyl sites for hydroxylation is 1. The zero-order valence-corrected chi connectivity index (χ0v) is 12.6. The smallest absolute Gasteiger partial charge is 0.293 e. The van der Waals surface area contributed by atoms with Crippen molar-refractivity contribution in [1.29, 1.82) is 0 Å². The summed E-state index contributed by atoms with van der Waals surface area (Å²) in [6.07, 6.45) is 6.97. The molecule has 1 aliphatic heterocycles. The molecule has 1 aromatic rings. The van der Waals surface area contributed by atoms with E-state index in [1.54, 1.807) is 17.0 Å². The first-order valence-electron chi connectivity index (χ1n) is 7.72. The van der Waals surface area contributed by atoms with Crippen LogP contribution in [0.3, 0.4) is 0 Å². The highest BCUT2D eigenvalue weighted by atomic mass is 16.1. The highest BCUT2D eigenvalue weighted by Gasteiger charge is 2.15. The molecule has 1 fully saturated rings. The van der Waals surface area contributed by atoms with Gasteiger partial charge >= 0.3 is 0 Å². The van der Waals surface area contributed by atoms with E-state index in [-0.39, 0.29) is 5.56 Å². The quantitative estimate of drug-likeness (QED) is 0.862. The molecule has 2 heterocycles. The average Bonchev–Trinajstić information content (AvgIpc) is 2.45. The molecule has 5 nitrogen and oxygen atoms in total. The first-order valence-corrected chi connectivity index (χ1v) is 7.72. The molecule has 0 unspecified atom stereocenters. The molecule has 1 aliphatic rings. The van der Waals surface area contributed by atoms with E-state index in [9.17, 15) is 4.79 Å². The van der Waals surface area contributed by atoms with Crippen LogP contribution in [0.15, 0.2) is 17.2 Å². The Kier molecular flexibility index (Phi) is 5.59. The molecule has 0 saturated carbocycles. The summed E-state index contributed by atoms with van der Waals surface area (Å²) in [5, 5.41) is 3.18. The van der Waals surface area contributed by atoms with Gasteiger partial charge in [-0.2, -0.15) is 0 Å². The van der Waals surface area contributed by atoms with Crippen LogP contribution in [0, 0.1) is 5.92 Å². The molecule has 20 heavy (non-hydrogen) atoms. The number of nitrogens with one attached hydrogen (secondary N) is 1. The lowest BCUT2D eigenvalue weighted by Gasteiger charge is -2.30. The molecule has 2 rings (SSSR count). The van der Waals surface area contributed by atoms with Crippen molar-refractivity contribution < 1.29 is 0 Å². The summed E-state index contributed by atoms with van der Waals surface area (Å²) in [5.41, 5.74) is -0.0124. The van der Waals surface area contributed by atoms with E-state index < -0.39 is 0 Å². The van der Waals surface area contributed by atoms with Gasteiger partial charge in [0.15, 0.2) is 5.82 Å². The van der Waals surface area contributed by atoms with Gasteiger partial charge in [0.05, 0.1) is 0 Å². The minimum atomic E-state index is -0.0124. The molecule has 1 N–H and O–H groups in total. The summed E-state index contributed by atoms with van der Waals surface area (Å²) in [6, 6.07) is 0. The third kappa shape index (κ3) is 4.07. The van der Waals surface area contributed by atoms with Crippen molar-refractivity contribution in [3.8, 4) is 0 Å². The maximum absolute atomic E-state index is 12.1. The van der Waals surface area contributed by atoms with Gasteiger partial charge in [0, 0.05) is 32.0 Å². The lowest BCUT2D eigenvalue weighted by molar-refractivity contribution is 0.199. The lowest BCUT2D eigenvalue weighted by atomic mass is 9.99. The summed E-state index contributed by atoms with van der Waals surface area (Å²) in [6.45, 7) is 9.25. The molecule has 112 valence electrons. The van der Waals surface area contributed by atoms with Gasteiger partial charge < -0.3 is 14.8 Å². The van der Waals surface area contributed by atoms with Crippen LogP contribution in [0.1, 0.15) is 33.1 Å². The van der Waals surface area contributed by atoms with Crippen LogP contribution in [0.5, 0.6) is 0 Å². The summed E-state index contributed by atoms with van der Waals surface area (Å²) in [5.74, 6) is 1.34. The number of hydrogen-bond acceptors (Lipinski definition) is 4. The molecule has 0 bridgehead atoms. The molecule has 0 amide bonds. The maximum Gasteiger partial charge on any atom is 0.293 e. The van der Waals surface area contributed by atoms with Crippen molar-refractivity contribution in [3.63, 3.8) is 0 Å². The molecule has 1 aromatic heterocycles. The van der Waals surface area contributed by atoms with E-state index in [1.807, 2.05) is 0 Å². The van der Waals surface area contributed by atoms with Gasteiger partial charge in [-0.05, 0) is 38.3 Å². The van der Waals surface area contributed by atoms with Crippen LogP contribution >= 0.6 is 0 Å². The van der Waals surface area contributed by atoms with Crippen molar-refractivity contribution in [1.82, 2.24) is 14.5 Å². The molecule has 0 aliphatic carbocycles. The van der Waals surface area contributed by atoms with Gasteiger partial charge in [-0.15, -0.1) is 0 Å². The number of hydrogen-bond donors (Lipinski definition) is 1. The molecule has 0 atom stereocenters. The highest BCUT2D eigenvalue weighted by molar-refractivity contribution is 5.30. The van der Waals surface area contributed by atoms with Crippen molar-refractivity contribution in [2.24, 2.45) is 5.92 Å². The van der Waals surface area contributed by atoms with E-state index in [2.05, 4.69) is 29.0 Å². The van der Waals surface area contributed by atoms with Crippen LogP contribution in [0.25, 0.3) is 0 Å². The second-order valence-corrected chi connectivity index (χ2v) is 5.73. The molecule has 1 saturated heterocycles. The van der Waals surface area contributed by atoms with E-state index in [4.69, 9.17) is 0 Å². The van der Waals surface area contributed by atoms with Crippen molar-refractivity contribution >= 4 is 5.82 Å². The molecule has 0 spiro atoms. The van der Waals surface area contributed by atoms with Crippen molar-refractivity contribution in [3.05, 3.63) is 22.7 Å². The molecule has 0 aromatic carbocycles. The Morgan fingerprint density at radius 3 is 2.80 bits per heavy atom. The molecule has 0 radical (unpaired) electrons. The predicted molar refractivity (Wildman–Crippen MR) is 82.1 cm³/mol. The largest absolute Gasteiger partial charge is 0.364 e. The fourth-order valence-electron chi connectivity index (χ4n) is 2.60. The second kappa shape index (κ2) is 7.43. The van der Waals surface area contributed by atoms with Gasteiger partial charge in [-0.1, -0.05) is 13.8 Å². The van der Waals surface area contributed by atoms with E-state index in [0.29, 0.717) is 5.82 Å². The Bertz CT molecular complexity index is 463. The maximum atomic E-state index is 12.1. The van der Waals surface area contributed by atoms with Crippen LogP contribution in [0.4, 0.5) is 5.82 Å². The van der Waals surface area contributed by atoms with E-state index in [0.717, 1.165) is 32.0 Å². The number of aromatic nitrogens is 2. The summed E-state index contributed by atoms with van der Waals surface area (Å²) >= 11 is 0. The fourth-order valence-corrected chi connectivity index (χ4v) is 2.60. The predicted octanol–water partition coefficient (Wildman–Crippen LogP) is 1.80. The Morgan fingerprint density at radius 1 is 1.35 bits per heavy atom. The van der Waals surface area contributed by atoms with E-state index in [1.165, 1.54) is 25.9 Å². The zero-order chi connectivity index (χ0) is 14.4. The van der Waals surface area contributed by atoms with Gasteiger partial charge in [-0.3, -0.25) is 4.79 Å². The fraction of sp³-hybridized carbons (Fsp3) is 0.733. The van der Waals surface area contributed by atoms with Crippen molar-refractivity contribution in [2.75, 3.05) is 31.5 Å². The first-order chi connectivity index (χ1) is 9.70. The average molecular weight is 278 g/mol. The number of rotatable bonds is 6. The van der Waals surface area contributed by atoms with Crippen LogP contribution in [0.2, 0.25) is 0 Å². The van der Waals surface area contributed by atoms with Gasteiger partial charge in [0.1, 0.15) is 0 Å². The Labute approximate surface area is 121 Å². The summed E-state index contributed by atoms with van der Waals surface area (Å²) < 4.78 is 1.72. The van der Waals surface area contributed by atoms with E-state index >= 15 is 0 Å². The van der Waals surface area contributed by atoms with Gasteiger partial charge in [0.2, 0.25) is 0 Å². The lowest BCUT2D eigenvalue weighted by Crippen LogP contribution is -2.37. The van der Waals surface area contributed by atoms with Crippen LogP contribution in [-0.4, -0.2) is 40.6 Å². The normalized spacial score (nSPS) is 17.3. The Morgan fingerprint density at radius 2 is 2.10 bits per heavy atom. The first kappa shape index (κ1) is 15.0. The molecular weight excluding hydrogens is 252 g/mol. The number of anilines is 1. The van der Waals surface area contributed by atoms with Gasteiger partial charge in [-0.25, -0.2) is 4.98 Å². The zero-order valence-electron chi connectivity index (χ0n) is 12.6. The van der Waals surface area contributed by atoms with Crippen LogP contribution in [-0.2, 0) is 6.54 Å². The number of likely N-dealkylation sites (tertiary alicyclic amines) is 1. The standard InChI is InChI=1S/C15H26N4O/c1-3-8-19-12-7-17-14(15(19)20)16-6-11-18-9-4-13(2)5-10-18/h7,12-13H,3-6,8-11H2,1-2H3,(H,16,17). The summed E-state index contributed by atoms with van der Waals surface area (Å²) in [7, 11) is 0. The number of nitrogens with zero attached hydrogens (tertiary/aromatic N) is 3. The molecular formula is C15H26N4O. The van der Waals surface area contributed by atoms with Gasteiger partial charge in [0.25, 0.3) is 5.56 Å².